The van der Waals surface area contributed by atoms with Crippen LogP contribution in [0.4, 0.5) is 4.79 Å². The van der Waals surface area contributed by atoms with Crippen molar-refractivity contribution in [3.8, 4) is 0 Å². The maximum Gasteiger partial charge on any atom is 0.407 e. The van der Waals surface area contributed by atoms with Crippen molar-refractivity contribution in [2.75, 3.05) is 13.1 Å². The summed E-state index contributed by atoms with van der Waals surface area (Å²) in [5, 5.41) is 6.00. The summed E-state index contributed by atoms with van der Waals surface area (Å²) in [5.74, 6) is 0. The second kappa shape index (κ2) is 6.58. The monoisotopic (exact) mass is 290 g/mol. The van der Waals surface area contributed by atoms with Crippen molar-refractivity contribution >= 4 is 17.1 Å². The first-order valence-corrected chi connectivity index (χ1v) is 7.04. The fourth-order valence-electron chi connectivity index (χ4n) is 1.96. The molecule has 0 radical (unpaired) electrons. The van der Waals surface area contributed by atoms with Crippen molar-refractivity contribution in [1.82, 2.24) is 20.6 Å². The van der Waals surface area contributed by atoms with Crippen molar-refractivity contribution in [3.63, 3.8) is 0 Å². The standard InChI is InChI=1S/C15H22N4O2/c1-15(2,3)21-14(20)17-8-7-16-9-11-5-4-6-12-13(11)19-10-18-12/h4-6,10,16H,7-9H2,1-3H3,(H,17,20)(H,18,19). The zero-order chi connectivity index (χ0) is 15.3. The first kappa shape index (κ1) is 15.3. The number of H-pyrrole nitrogens is 1. The highest BCUT2D eigenvalue weighted by atomic mass is 16.6. The van der Waals surface area contributed by atoms with Gasteiger partial charge in [0.2, 0.25) is 0 Å². The molecule has 6 heteroatoms. The molecule has 114 valence electrons. The minimum atomic E-state index is -0.465. The van der Waals surface area contributed by atoms with Crippen LogP contribution in [0.2, 0.25) is 0 Å². The van der Waals surface area contributed by atoms with Crippen molar-refractivity contribution in [2.24, 2.45) is 0 Å². The van der Waals surface area contributed by atoms with E-state index in [1.807, 2.05) is 32.9 Å². The molecule has 0 unspecified atom stereocenters. The zero-order valence-corrected chi connectivity index (χ0v) is 12.7. The number of imidazole rings is 1. The molecule has 1 aromatic carbocycles. The SMILES string of the molecule is CC(C)(C)OC(=O)NCCNCc1cccc2nc[nH]c12. The molecule has 0 fully saturated rings. The molecule has 0 bridgehead atoms. The molecule has 0 aliphatic rings. The van der Waals surface area contributed by atoms with Crippen LogP contribution in [0.1, 0.15) is 26.3 Å². The normalized spacial score (nSPS) is 11.6. The van der Waals surface area contributed by atoms with Gasteiger partial charge >= 0.3 is 6.09 Å². The Hall–Kier alpha value is -2.08. The first-order valence-electron chi connectivity index (χ1n) is 7.04. The Balaban J connectivity index is 1.71. The Morgan fingerprint density at radius 3 is 2.90 bits per heavy atom. The number of hydrogen-bond donors (Lipinski definition) is 3. The van der Waals surface area contributed by atoms with Gasteiger partial charge in [-0.3, -0.25) is 0 Å². The Morgan fingerprint density at radius 1 is 1.33 bits per heavy atom. The van der Waals surface area contributed by atoms with E-state index in [1.165, 1.54) is 0 Å². The molecular weight excluding hydrogens is 268 g/mol. The molecule has 2 aromatic rings. The fourth-order valence-corrected chi connectivity index (χ4v) is 1.96. The number of carbonyl (C=O) groups excluding carboxylic acids is 1. The van der Waals surface area contributed by atoms with E-state index in [2.05, 4.69) is 26.7 Å². The Morgan fingerprint density at radius 2 is 2.14 bits per heavy atom. The van der Waals surface area contributed by atoms with Gasteiger partial charge in [0.25, 0.3) is 0 Å². The number of nitrogens with one attached hydrogen (secondary N) is 3. The van der Waals surface area contributed by atoms with Gasteiger partial charge in [-0.1, -0.05) is 12.1 Å². The van der Waals surface area contributed by atoms with Gasteiger partial charge in [-0.2, -0.15) is 0 Å². The lowest BCUT2D eigenvalue weighted by molar-refractivity contribution is 0.0528. The summed E-state index contributed by atoms with van der Waals surface area (Å²) in [7, 11) is 0. The molecule has 1 aromatic heterocycles. The number of amides is 1. The number of alkyl carbamates (subject to hydrolysis) is 1. The average molecular weight is 290 g/mol. The molecule has 2 rings (SSSR count). The van der Waals surface area contributed by atoms with Crippen molar-refractivity contribution in [2.45, 2.75) is 32.9 Å². The van der Waals surface area contributed by atoms with Gasteiger partial charge in [-0.05, 0) is 32.4 Å². The van der Waals surface area contributed by atoms with E-state index < -0.39 is 5.60 Å². The number of carbonyl (C=O) groups is 1. The second-order valence-corrected chi connectivity index (χ2v) is 5.82. The van der Waals surface area contributed by atoms with Gasteiger partial charge in [-0.15, -0.1) is 0 Å². The van der Waals surface area contributed by atoms with Crippen LogP contribution in [0.3, 0.4) is 0 Å². The van der Waals surface area contributed by atoms with Gasteiger partial charge in [0.15, 0.2) is 0 Å². The lowest BCUT2D eigenvalue weighted by Crippen LogP contribution is -2.36. The Labute approximate surface area is 124 Å². The molecule has 1 amide bonds. The molecule has 0 saturated carbocycles. The third kappa shape index (κ3) is 4.75. The average Bonchev–Trinajstić information content (AvgIpc) is 2.85. The maximum absolute atomic E-state index is 11.5. The second-order valence-electron chi connectivity index (χ2n) is 5.82. The lowest BCUT2D eigenvalue weighted by Gasteiger charge is -2.19. The summed E-state index contributed by atoms with van der Waals surface area (Å²) in [5.41, 5.74) is 2.70. The minimum absolute atomic E-state index is 0.389. The predicted molar refractivity (Wildman–Crippen MR) is 82.0 cm³/mol. The van der Waals surface area contributed by atoms with E-state index in [0.29, 0.717) is 13.1 Å². The van der Waals surface area contributed by atoms with Crippen LogP contribution in [-0.4, -0.2) is 34.8 Å². The highest BCUT2D eigenvalue weighted by molar-refractivity contribution is 5.78. The minimum Gasteiger partial charge on any atom is -0.444 e. The summed E-state index contributed by atoms with van der Waals surface area (Å²) in [4.78, 5) is 18.8. The summed E-state index contributed by atoms with van der Waals surface area (Å²) < 4.78 is 5.16. The number of benzene rings is 1. The fraction of sp³-hybridized carbons (Fsp3) is 0.467. The molecule has 0 aliphatic heterocycles. The van der Waals surface area contributed by atoms with Crippen LogP contribution >= 0.6 is 0 Å². The molecular formula is C15H22N4O2. The molecule has 21 heavy (non-hydrogen) atoms. The van der Waals surface area contributed by atoms with E-state index in [-0.39, 0.29) is 6.09 Å². The molecule has 0 aliphatic carbocycles. The van der Waals surface area contributed by atoms with Gasteiger partial charge in [-0.25, -0.2) is 9.78 Å². The molecule has 0 atom stereocenters. The van der Waals surface area contributed by atoms with Crippen LogP contribution in [0.25, 0.3) is 11.0 Å². The number of hydrogen-bond acceptors (Lipinski definition) is 4. The number of fused-ring (bicyclic) bond motifs is 1. The van der Waals surface area contributed by atoms with Crippen molar-refractivity contribution in [3.05, 3.63) is 30.1 Å². The van der Waals surface area contributed by atoms with E-state index in [9.17, 15) is 4.79 Å². The van der Waals surface area contributed by atoms with E-state index in [0.717, 1.165) is 23.1 Å². The topological polar surface area (TPSA) is 79.0 Å². The summed E-state index contributed by atoms with van der Waals surface area (Å²) in [6.45, 7) is 7.44. The molecule has 0 spiro atoms. The maximum atomic E-state index is 11.5. The largest absolute Gasteiger partial charge is 0.444 e. The van der Waals surface area contributed by atoms with Gasteiger partial charge in [0.1, 0.15) is 5.60 Å². The number of para-hydroxylation sites is 1. The first-order chi connectivity index (χ1) is 9.96. The summed E-state index contributed by atoms with van der Waals surface area (Å²) >= 11 is 0. The smallest absolute Gasteiger partial charge is 0.407 e. The molecule has 1 heterocycles. The van der Waals surface area contributed by atoms with Crippen molar-refractivity contribution < 1.29 is 9.53 Å². The number of rotatable bonds is 5. The van der Waals surface area contributed by atoms with Crippen molar-refractivity contribution in [1.29, 1.82) is 0 Å². The number of aromatic nitrogens is 2. The summed E-state index contributed by atoms with van der Waals surface area (Å²) in [6, 6.07) is 6.01. The van der Waals surface area contributed by atoms with Crippen LogP contribution < -0.4 is 10.6 Å². The molecule has 0 saturated heterocycles. The summed E-state index contributed by atoms with van der Waals surface area (Å²) in [6.07, 6.45) is 1.30. The third-order valence-electron chi connectivity index (χ3n) is 2.83. The molecule has 3 N–H and O–H groups in total. The highest BCUT2D eigenvalue weighted by Crippen LogP contribution is 2.13. The number of nitrogens with zero attached hydrogens (tertiary/aromatic N) is 1. The predicted octanol–water partition coefficient (Wildman–Crippen LogP) is 2.18. The van der Waals surface area contributed by atoms with E-state index >= 15 is 0 Å². The highest BCUT2D eigenvalue weighted by Gasteiger charge is 2.15. The molecule has 6 nitrogen and oxygen atoms in total. The van der Waals surface area contributed by atoms with Crippen LogP contribution in [0.5, 0.6) is 0 Å². The third-order valence-corrected chi connectivity index (χ3v) is 2.83. The number of ether oxygens (including phenoxy) is 1. The Kier molecular flexibility index (Phi) is 4.80. The quantitative estimate of drug-likeness (QED) is 0.737. The van der Waals surface area contributed by atoms with Crippen LogP contribution in [0.15, 0.2) is 24.5 Å². The van der Waals surface area contributed by atoms with Crippen LogP contribution in [0, 0.1) is 0 Å². The van der Waals surface area contributed by atoms with E-state index in [4.69, 9.17) is 4.74 Å². The lowest BCUT2D eigenvalue weighted by atomic mass is 10.2. The number of aromatic amines is 1. The Bertz CT molecular complexity index is 601. The van der Waals surface area contributed by atoms with Gasteiger partial charge in [0.05, 0.1) is 17.4 Å². The van der Waals surface area contributed by atoms with Gasteiger partial charge in [0, 0.05) is 19.6 Å². The van der Waals surface area contributed by atoms with Crippen LogP contribution in [-0.2, 0) is 11.3 Å². The van der Waals surface area contributed by atoms with E-state index in [1.54, 1.807) is 6.33 Å². The van der Waals surface area contributed by atoms with Gasteiger partial charge < -0.3 is 20.4 Å². The zero-order valence-electron chi connectivity index (χ0n) is 12.7.